The second-order valence-corrected chi connectivity index (χ2v) is 6.98. The van der Waals surface area contributed by atoms with E-state index in [4.69, 9.17) is 9.47 Å². The molecule has 0 unspecified atom stereocenters. The summed E-state index contributed by atoms with van der Waals surface area (Å²) in [6, 6.07) is 11.5. The van der Waals surface area contributed by atoms with Gasteiger partial charge in [-0.3, -0.25) is 4.79 Å². The van der Waals surface area contributed by atoms with Crippen molar-refractivity contribution in [2.45, 2.75) is 18.9 Å². The average molecular weight is 389 g/mol. The Balaban J connectivity index is 1.73. The molecule has 8 heteroatoms. The number of nitrogens with one attached hydrogen (secondary N) is 1. The topological polar surface area (TPSA) is 91.2 Å². The van der Waals surface area contributed by atoms with Crippen molar-refractivity contribution in [3.63, 3.8) is 0 Å². The van der Waals surface area contributed by atoms with Gasteiger partial charge in [0.1, 0.15) is 0 Å². The zero-order valence-electron chi connectivity index (χ0n) is 16.0. The lowest BCUT2D eigenvalue weighted by Gasteiger charge is -2.11. The van der Waals surface area contributed by atoms with Crippen LogP contribution < -0.4 is 14.8 Å². The minimum atomic E-state index is -0.159. The number of carbonyl (C=O) groups is 1. The first-order valence-corrected chi connectivity index (χ1v) is 9.36. The van der Waals surface area contributed by atoms with E-state index in [1.165, 1.54) is 0 Å². The standard InChI is InChI=1S/C21H19N5O3/c1-28-18-9-14-15(10-19(18)29-2)24-22-11-17(14)26-16-6-4-3-5-13(16)20(25-26)21(27)23-12-7-8-12/h3-6,9-12H,7-8H2,1-2H3,(H,23,27). The van der Waals surface area contributed by atoms with Crippen molar-refractivity contribution >= 4 is 27.7 Å². The number of methoxy groups -OCH3 is 2. The Morgan fingerprint density at radius 3 is 2.62 bits per heavy atom. The highest BCUT2D eigenvalue weighted by atomic mass is 16.5. The Bertz CT molecular complexity index is 1250. The van der Waals surface area contributed by atoms with E-state index in [1.807, 2.05) is 30.3 Å². The SMILES string of the molecule is COc1cc2nncc(-n3nc(C(=O)NC4CC4)c4ccccc43)c2cc1OC. The molecule has 1 amide bonds. The molecule has 0 aliphatic heterocycles. The highest BCUT2D eigenvalue weighted by Crippen LogP contribution is 2.34. The number of ether oxygens (including phenoxy) is 2. The molecule has 1 aliphatic rings. The molecule has 2 heterocycles. The number of benzene rings is 2. The van der Waals surface area contributed by atoms with Gasteiger partial charge in [-0.05, 0) is 25.0 Å². The number of hydrogen-bond acceptors (Lipinski definition) is 6. The van der Waals surface area contributed by atoms with Gasteiger partial charge >= 0.3 is 0 Å². The van der Waals surface area contributed by atoms with Crippen LogP contribution in [0.3, 0.4) is 0 Å². The minimum Gasteiger partial charge on any atom is -0.493 e. The fraction of sp³-hybridized carbons (Fsp3) is 0.238. The van der Waals surface area contributed by atoms with E-state index in [2.05, 4.69) is 20.6 Å². The maximum Gasteiger partial charge on any atom is 0.272 e. The maximum atomic E-state index is 12.7. The fourth-order valence-corrected chi connectivity index (χ4v) is 3.44. The van der Waals surface area contributed by atoms with Crippen molar-refractivity contribution in [1.82, 2.24) is 25.3 Å². The molecule has 4 aromatic rings. The molecule has 8 nitrogen and oxygen atoms in total. The molecular weight excluding hydrogens is 370 g/mol. The molecule has 0 spiro atoms. The lowest BCUT2D eigenvalue weighted by molar-refractivity contribution is 0.0947. The number of rotatable bonds is 5. The van der Waals surface area contributed by atoms with Gasteiger partial charge in [-0.15, -0.1) is 0 Å². The van der Waals surface area contributed by atoms with Crippen molar-refractivity contribution in [1.29, 1.82) is 0 Å². The van der Waals surface area contributed by atoms with E-state index < -0.39 is 0 Å². The van der Waals surface area contributed by atoms with Crippen molar-refractivity contribution in [3.05, 3.63) is 48.3 Å². The van der Waals surface area contributed by atoms with Crippen LogP contribution in [0.15, 0.2) is 42.6 Å². The average Bonchev–Trinajstić information content (AvgIpc) is 3.49. The molecule has 1 fully saturated rings. The first-order chi connectivity index (χ1) is 14.2. The summed E-state index contributed by atoms with van der Waals surface area (Å²) in [4.78, 5) is 12.7. The van der Waals surface area contributed by atoms with Crippen LogP contribution in [0.2, 0.25) is 0 Å². The Morgan fingerprint density at radius 2 is 1.86 bits per heavy atom. The number of fused-ring (bicyclic) bond motifs is 2. The summed E-state index contributed by atoms with van der Waals surface area (Å²) in [5, 5.41) is 17.6. The number of hydrogen-bond donors (Lipinski definition) is 1. The zero-order valence-corrected chi connectivity index (χ0v) is 16.0. The quantitative estimate of drug-likeness (QED) is 0.564. The van der Waals surface area contributed by atoms with Crippen LogP contribution in [0.5, 0.6) is 11.5 Å². The molecule has 2 aromatic heterocycles. The fourth-order valence-electron chi connectivity index (χ4n) is 3.44. The van der Waals surface area contributed by atoms with Gasteiger partial charge in [-0.2, -0.15) is 15.3 Å². The third kappa shape index (κ3) is 2.93. The van der Waals surface area contributed by atoms with Crippen molar-refractivity contribution < 1.29 is 14.3 Å². The van der Waals surface area contributed by atoms with Crippen LogP contribution in [0.25, 0.3) is 27.5 Å². The third-order valence-corrected chi connectivity index (χ3v) is 5.07. The molecule has 29 heavy (non-hydrogen) atoms. The van der Waals surface area contributed by atoms with Crippen LogP contribution in [0.1, 0.15) is 23.3 Å². The van der Waals surface area contributed by atoms with Crippen LogP contribution >= 0.6 is 0 Å². The van der Waals surface area contributed by atoms with Gasteiger partial charge in [0, 0.05) is 22.9 Å². The van der Waals surface area contributed by atoms with E-state index in [-0.39, 0.29) is 11.9 Å². The van der Waals surface area contributed by atoms with Crippen molar-refractivity contribution in [2.75, 3.05) is 14.2 Å². The molecule has 1 saturated carbocycles. The maximum absolute atomic E-state index is 12.7. The van der Waals surface area contributed by atoms with E-state index in [9.17, 15) is 4.79 Å². The molecule has 1 N–H and O–H groups in total. The Labute approximate surface area is 166 Å². The normalized spacial score (nSPS) is 13.6. The minimum absolute atomic E-state index is 0.159. The van der Waals surface area contributed by atoms with Gasteiger partial charge in [0.25, 0.3) is 5.91 Å². The van der Waals surface area contributed by atoms with Gasteiger partial charge in [-0.25, -0.2) is 4.68 Å². The van der Waals surface area contributed by atoms with Crippen LogP contribution in [0.4, 0.5) is 0 Å². The van der Waals surface area contributed by atoms with Crippen molar-refractivity contribution in [3.8, 4) is 17.2 Å². The largest absolute Gasteiger partial charge is 0.493 e. The number of amides is 1. The second kappa shape index (κ2) is 6.73. The molecule has 0 bridgehead atoms. The Hall–Kier alpha value is -3.68. The van der Waals surface area contributed by atoms with Gasteiger partial charge < -0.3 is 14.8 Å². The molecule has 0 radical (unpaired) electrons. The monoisotopic (exact) mass is 389 g/mol. The lowest BCUT2D eigenvalue weighted by Crippen LogP contribution is -2.26. The van der Waals surface area contributed by atoms with Gasteiger partial charge in [-0.1, -0.05) is 18.2 Å². The van der Waals surface area contributed by atoms with Crippen LogP contribution in [-0.4, -0.2) is 46.1 Å². The third-order valence-electron chi connectivity index (χ3n) is 5.07. The van der Waals surface area contributed by atoms with Gasteiger partial charge in [0.2, 0.25) is 0 Å². The summed E-state index contributed by atoms with van der Waals surface area (Å²) in [6.45, 7) is 0. The second-order valence-electron chi connectivity index (χ2n) is 6.98. The lowest BCUT2D eigenvalue weighted by atomic mass is 10.1. The predicted octanol–water partition coefficient (Wildman–Crippen LogP) is 2.88. The van der Waals surface area contributed by atoms with Crippen LogP contribution in [-0.2, 0) is 0 Å². The number of carbonyl (C=O) groups excluding carboxylic acids is 1. The summed E-state index contributed by atoms with van der Waals surface area (Å²) in [5.41, 5.74) is 2.57. The van der Waals surface area contributed by atoms with E-state index in [1.54, 1.807) is 31.2 Å². The Morgan fingerprint density at radius 1 is 1.10 bits per heavy atom. The summed E-state index contributed by atoms with van der Waals surface area (Å²) >= 11 is 0. The molecule has 1 aliphatic carbocycles. The highest BCUT2D eigenvalue weighted by molar-refractivity contribution is 6.06. The van der Waals surface area contributed by atoms with Gasteiger partial charge in [0.05, 0.1) is 37.1 Å². The summed E-state index contributed by atoms with van der Waals surface area (Å²) in [7, 11) is 3.16. The van der Waals surface area contributed by atoms with E-state index in [0.717, 1.165) is 29.1 Å². The summed E-state index contributed by atoms with van der Waals surface area (Å²) in [5.74, 6) is 0.992. The summed E-state index contributed by atoms with van der Waals surface area (Å²) in [6.07, 6.45) is 3.67. The molecule has 5 rings (SSSR count). The predicted molar refractivity (Wildman–Crippen MR) is 108 cm³/mol. The number of nitrogens with zero attached hydrogens (tertiary/aromatic N) is 4. The zero-order chi connectivity index (χ0) is 20.0. The highest BCUT2D eigenvalue weighted by Gasteiger charge is 2.27. The van der Waals surface area contributed by atoms with E-state index in [0.29, 0.717) is 28.4 Å². The van der Waals surface area contributed by atoms with Gasteiger partial charge in [0.15, 0.2) is 17.2 Å². The molecule has 2 aromatic carbocycles. The first kappa shape index (κ1) is 17.4. The van der Waals surface area contributed by atoms with Crippen LogP contribution in [0, 0.1) is 0 Å². The number of aromatic nitrogens is 4. The smallest absolute Gasteiger partial charge is 0.272 e. The summed E-state index contributed by atoms with van der Waals surface area (Å²) < 4.78 is 12.6. The van der Waals surface area contributed by atoms with E-state index >= 15 is 0 Å². The Kier molecular flexibility index (Phi) is 4.04. The first-order valence-electron chi connectivity index (χ1n) is 9.36. The molecule has 146 valence electrons. The van der Waals surface area contributed by atoms with Crippen molar-refractivity contribution in [2.24, 2.45) is 0 Å². The number of para-hydroxylation sites is 1. The molecule has 0 atom stereocenters. The molecule has 0 saturated heterocycles. The molecular formula is C21H19N5O3.